The molecule has 5 rings (SSSR count). The maximum Gasteiger partial charge on any atom is 0.254 e. The van der Waals surface area contributed by atoms with Crippen molar-refractivity contribution < 1.29 is 14.6 Å². The van der Waals surface area contributed by atoms with E-state index in [0.29, 0.717) is 38.3 Å². The van der Waals surface area contributed by atoms with Crippen molar-refractivity contribution in [1.82, 2.24) is 9.88 Å². The van der Waals surface area contributed by atoms with Crippen LogP contribution in [0, 0.1) is 6.92 Å². The molecule has 1 aromatic heterocycles. The summed E-state index contributed by atoms with van der Waals surface area (Å²) in [5.41, 5.74) is 2.45. The number of rotatable bonds is 3. The summed E-state index contributed by atoms with van der Waals surface area (Å²) in [7, 11) is 0. The third-order valence-electron chi connectivity index (χ3n) is 6.39. The first-order chi connectivity index (χ1) is 15.0. The van der Waals surface area contributed by atoms with Gasteiger partial charge in [0.15, 0.2) is 0 Å². The minimum absolute atomic E-state index is 0.0591. The summed E-state index contributed by atoms with van der Waals surface area (Å²) >= 11 is 0. The molecule has 1 atom stereocenters. The fourth-order valence-electron chi connectivity index (χ4n) is 4.53. The highest BCUT2D eigenvalue weighted by atomic mass is 16.5. The SMILES string of the molecule is Cc1ccc([C@@]2(O)CCN(C(=O)c3cc(N4CCOCC4)nc4ccccc34)C2)cc1. The van der Waals surface area contributed by atoms with Crippen molar-refractivity contribution in [2.24, 2.45) is 0 Å². The number of hydrogen-bond acceptors (Lipinski definition) is 5. The van der Waals surface area contributed by atoms with E-state index in [1.54, 1.807) is 4.90 Å². The Morgan fingerprint density at radius 3 is 2.58 bits per heavy atom. The lowest BCUT2D eigenvalue weighted by Crippen LogP contribution is -2.37. The zero-order chi connectivity index (χ0) is 21.4. The van der Waals surface area contributed by atoms with Gasteiger partial charge in [0.05, 0.1) is 30.8 Å². The van der Waals surface area contributed by atoms with Crippen LogP contribution < -0.4 is 4.90 Å². The van der Waals surface area contributed by atoms with E-state index in [4.69, 9.17) is 9.72 Å². The molecule has 2 saturated heterocycles. The van der Waals surface area contributed by atoms with E-state index >= 15 is 0 Å². The zero-order valence-electron chi connectivity index (χ0n) is 17.8. The highest BCUT2D eigenvalue weighted by molar-refractivity contribution is 6.07. The summed E-state index contributed by atoms with van der Waals surface area (Å²) in [6, 6.07) is 17.6. The quantitative estimate of drug-likeness (QED) is 0.709. The molecule has 3 aromatic rings. The van der Waals surface area contributed by atoms with Crippen LogP contribution >= 0.6 is 0 Å². The lowest BCUT2D eigenvalue weighted by molar-refractivity contribution is 0.0418. The van der Waals surface area contributed by atoms with E-state index < -0.39 is 5.60 Å². The Morgan fingerprint density at radius 2 is 1.81 bits per heavy atom. The first-order valence-electron chi connectivity index (χ1n) is 10.8. The molecule has 2 aromatic carbocycles. The van der Waals surface area contributed by atoms with Crippen molar-refractivity contribution in [3.05, 3.63) is 71.3 Å². The van der Waals surface area contributed by atoms with Gasteiger partial charge in [0, 0.05) is 25.0 Å². The van der Waals surface area contributed by atoms with Crippen LogP contribution in [0.5, 0.6) is 0 Å². The number of hydrogen-bond donors (Lipinski definition) is 1. The number of aliphatic hydroxyl groups is 1. The normalized spacial score (nSPS) is 21.6. The van der Waals surface area contributed by atoms with Gasteiger partial charge in [0.2, 0.25) is 0 Å². The molecule has 31 heavy (non-hydrogen) atoms. The summed E-state index contributed by atoms with van der Waals surface area (Å²) in [6.45, 7) is 5.68. The number of ether oxygens (including phenoxy) is 1. The number of pyridine rings is 1. The van der Waals surface area contributed by atoms with Crippen molar-refractivity contribution in [2.45, 2.75) is 18.9 Å². The number of benzene rings is 2. The molecule has 2 fully saturated rings. The maximum atomic E-state index is 13.6. The van der Waals surface area contributed by atoms with Crippen LogP contribution in [0.15, 0.2) is 54.6 Å². The second-order valence-electron chi connectivity index (χ2n) is 8.52. The predicted molar refractivity (Wildman–Crippen MR) is 120 cm³/mol. The molecule has 0 bridgehead atoms. The summed E-state index contributed by atoms with van der Waals surface area (Å²) in [6.07, 6.45) is 0.529. The van der Waals surface area contributed by atoms with E-state index in [1.807, 2.05) is 61.5 Å². The van der Waals surface area contributed by atoms with E-state index in [0.717, 1.165) is 40.9 Å². The number of amides is 1. The minimum Gasteiger partial charge on any atom is -0.383 e. The number of morpholine rings is 1. The summed E-state index contributed by atoms with van der Waals surface area (Å²) in [5, 5.41) is 12.1. The molecular formula is C25H27N3O3. The molecule has 2 aliphatic heterocycles. The topological polar surface area (TPSA) is 65.9 Å². The summed E-state index contributed by atoms with van der Waals surface area (Å²) in [4.78, 5) is 22.4. The van der Waals surface area contributed by atoms with Gasteiger partial charge in [-0.15, -0.1) is 0 Å². The van der Waals surface area contributed by atoms with Crippen LogP contribution in [0.1, 0.15) is 27.9 Å². The zero-order valence-corrected chi connectivity index (χ0v) is 17.8. The monoisotopic (exact) mass is 417 g/mol. The number of aryl methyl sites for hydroxylation is 1. The Hall–Kier alpha value is -2.96. The first kappa shape index (κ1) is 20.0. The molecule has 1 N–H and O–H groups in total. The van der Waals surface area contributed by atoms with Crippen molar-refractivity contribution in [1.29, 1.82) is 0 Å². The molecule has 0 unspecified atom stereocenters. The average Bonchev–Trinajstić information content (AvgIpc) is 3.22. The molecule has 6 nitrogen and oxygen atoms in total. The van der Waals surface area contributed by atoms with Gasteiger partial charge >= 0.3 is 0 Å². The maximum absolute atomic E-state index is 13.6. The molecule has 1 amide bonds. The van der Waals surface area contributed by atoms with Crippen LogP contribution in [0.4, 0.5) is 5.82 Å². The Labute approximate surface area is 182 Å². The highest BCUT2D eigenvalue weighted by Crippen LogP contribution is 2.34. The smallest absolute Gasteiger partial charge is 0.254 e. The number of fused-ring (bicyclic) bond motifs is 1. The molecule has 0 aliphatic carbocycles. The van der Waals surface area contributed by atoms with Gasteiger partial charge in [-0.3, -0.25) is 4.79 Å². The van der Waals surface area contributed by atoms with Crippen LogP contribution in [0.2, 0.25) is 0 Å². The Balaban J connectivity index is 1.47. The van der Waals surface area contributed by atoms with Gasteiger partial charge in [-0.25, -0.2) is 4.98 Å². The molecule has 3 heterocycles. The number of anilines is 1. The number of carbonyl (C=O) groups excluding carboxylic acids is 1. The number of carbonyl (C=O) groups is 1. The fraction of sp³-hybridized carbons (Fsp3) is 0.360. The molecule has 0 saturated carbocycles. The van der Waals surface area contributed by atoms with E-state index in [1.165, 1.54) is 0 Å². The highest BCUT2D eigenvalue weighted by Gasteiger charge is 2.40. The third kappa shape index (κ3) is 3.77. The van der Waals surface area contributed by atoms with E-state index in [2.05, 4.69) is 4.90 Å². The number of para-hydroxylation sites is 1. The van der Waals surface area contributed by atoms with Gasteiger partial charge in [0.25, 0.3) is 5.91 Å². The van der Waals surface area contributed by atoms with Crippen molar-refractivity contribution in [3.8, 4) is 0 Å². The predicted octanol–water partition coefficient (Wildman–Crippen LogP) is 3.11. The summed E-state index contributed by atoms with van der Waals surface area (Å²) < 4.78 is 5.47. The van der Waals surface area contributed by atoms with Crippen LogP contribution in [0.3, 0.4) is 0 Å². The van der Waals surface area contributed by atoms with Crippen LogP contribution in [-0.4, -0.2) is 60.3 Å². The van der Waals surface area contributed by atoms with Gasteiger partial charge in [-0.1, -0.05) is 48.0 Å². The Morgan fingerprint density at radius 1 is 1.06 bits per heavy atom. The number of β-amino-alcohol motifs (C(OH)–C–C–N with tert-alkyl or cyclic N) is 1. The number of likely N-dealkylation sites (tertiary alicyclic amines) is 1. The van der Waals surface area contributed by atoms with E-state index in [-0.39, 0.29) is 5.91 Å². The van der Waals surface area contributed by atoms with Crippen LogP contribution in [-0.2, 0) is 10.3 Å². The standard InChI is InChI=1S/C25H27N3O3/c1-18-6-8-19(9-7-18)25(30)10-11-28(17-25)24(29)21-16-23(27-12-14-31-15-13-27)26-22-5-3-2-4-20(21)22/h2-9,16,30H,10-15,17H2,1H3/t25-/m1/s1. The molecule has 2 aliphatic rings. The Kier molecular flexibility index (Phi) is 5.12. The fourth-order valence-corrected chi connectivity index (χ4v) is 4.53. The molecular weight excluding hydrogens is 390 g/mol. The van der Waals surface area contributed by atoms with E-state index in [9.17, 15) is 9.90 Å². The number of nitrogens with zero attached hydrogens (tertiary/aromatic N) is 3. The lowest BCUT2D eigenvalue weighted by Gasteiger charge is -2.29. The van der Waals surface area contributed by atoms with Gasteiger partial charge < -0.3 is 19.6 Å². The van der Waals surface area contributed by atoms with Crippen molar-refractivity contribution >= 4 is 22.6 Å². The average molecular weight is 418 g/mol. The van der Waals surface area contributed by atoms with Gasteiger partial charge in [-0.05, 0) is 31.0 Å². The first-order valence-corrected chi connectivity index (χ1v) is 10.8. The lowest BCUT2D eigenvalue weighted by atomic mass is 9.92. The molecule has 0 spiro atoms. The largest absolute Gasteiger partial charge is 0.383 e. The minimum atomic E-state index is -1.01. The molecule has 160 valence electrons. The summed E-state index contributed by atoms with van der Waals surface area (Å²) in [5.74, 6) is 0.745. The second kappa shape index (κ2) is 7.94. The second-order valence-corrected chi connectivity index (χ2v) is 8.52. The van der Waals surface area contributed by atoms with Gasteiger partial charge in [0.1, 0.15) is 11.4 Å². The van der Waals surface area contributed by atoms with Crippen molar-refractivity contribution in [2.75, 3.05) is 44.3 Å². The molecule has 0 radical (unpaired) electrons. The third-order valence-corrected chi connectivity index (χ3v) is 6.39. The molecule has 6 heteroatoms. The number of aromatic nitrogens is 1. The Bertz CT molecular complexity index is 1110. The van der Waals surface area contributed by atoms with Gasteiger partial charge in [-0.2, -0.15) is 0 Å². The van der Waals surface area contributed by atoms with Crippen LogP contribution in [0.25, 0.3) is 10.9 Å². The van der Waals surface area contributed by atoms with Crippen molar-refractivity contribution in [3.63, 3.8) is 0 Å².